The first-order valence-corrected chi connectivity index (χ1v) is 8.46. The molecule has 1 amide bonds. The van der Waals surface area contributed by atoms with Crippen LogP contribution in [0.4, 0.5) is 0 Å². The van der Waals surface area contributed by atoms with Crippen LogP contribution >= 0.6 is 0 Å². The summed E-state index contributed by atoms with van der Waals surface area (Å²) in [5.41, 5.74) is 2.12. The molecule has 1 heterocycles. The van der Waals surface area contributed by atoms with Crippen molar-refractivity contribution in [2.45, 2.75) is 32.7 Å². The Kier molecular flexibility index (Phi) is 5.36. The van der Waals surface area contributed by atoms with Gasteiger partial charge in [-0.3, -0.25) is 4.79 Å². The number of carbonyl (C=O) groups is 1. The summed E-state index contributed by atoms with van der Waals surface area (Å²) in [4.78, 5) is 14.7. The average Bonchev–Trinajstić information content (AvgIpc) is 3.07. The van der Waals surface area contributed by atoms with E-state index in [2.05, 4.69) is 19.1 Å². The summed E-state index contributed by atoms with van der Waals surface area (Å²) in [6.45, 7) is 3.84. The lowest BCUT2D eigenvalue weighted by Crippen LogP contribution is -2.32. The fourth-order valence-corrected chi connectivity index (χ4v) is 2.78. The van der Waals surface area contributed by atoms with Crippen LogP contribution in [0.25, 0.3) is 0 Å². The number of unbranched alkanes of at least 4 members (excludes halogenated alkanes) is 1. The highest BCUT2D eigenvalue weighted by Gasteiger charge is 2.17. The van der Waals surface area contributed by atoms with Crippen LogP contribution in [0.15, 0.2) is 48.5 Å². The second-order valence-electron chi connectivity index (χ2n) is 6.02. The number of nitrogens with zero attached hydrogens (tertiary/aromatic N) is 1. The van der Waals surface area contributed by atoms with E-state index in [1.807, 2.05) is 41.3 Å². The molecule has 3 rings (SSSR count). The van der Waals surface area contributed by atoms with E-state index < -0.39 is 0 Å². The predicted molar refractivity (Wildman–Crippen MR) is 93.0 cm³/mol. The fraction of sp³-hybridized carbons (Fsp3) is 0.350. The first-order valence-electron chi connectivity index (χ1n) is 8.46. The fourth-order valence-electron chi connectivity index (χ4n) is 2.78. The normalized spacial score (nSPS) is 12.2. The monoisotopic (exact) mass is 325 g/mol. The van der Waals surface area contributed by atoms with Gasteiger partial charge in [-0.05, 0) is 29.7 Å². The maximum absolute atomic E-state index is 12.8. The van der Waals surface area contributed by atoms with Crippen molar-refractivity contribution >= 4 is 5.91 Å². The van der Waals surface area contributed by atoms with Crippen LogP contribution in [0.5, 0.6) is 11.5 Å². The first-order chi connectivity index (χ1) is 11.8. The Hall–Kier alpha value is -2.49. The lowest BCUT2D eigenvalue weighted by Gasteiger charge is -2.23. The smallest absolute Gasteiger partial charge is 0.231 e. The Morgan fingerprint density at radius 3 is 2.62 bits per heavy atom. The number of hydrogen-bond acceptors (Lipinski definition) is 3. The average molecular weight is 325 g/mol. The van der Waals surface area contributed by atoms with Crippen molar-refractivity contribution in [2.24, 2.45) is 0 Å². The van der Waals surface area contributed by atoms with E-state index in [-0.39, 0.29) is 12.7 Å². The minimum absolute atomic E-state index is 0.145. The summed E-state index contributed by atoms with van der Waals surface area (Å²) in [6, 6.07) is 15.9. The molecule has 1 aliphatic heterocycles. The molecule has 2 aromatic rings. The van der Waals surface area contributed by atoms with E-state index in [0.29, 0.717) is 13.0 Å². The van der Waals surface area contributed by atoms with Crippen LogP contribution < -0.4 is 9.47 Å². The van der Waals surface area contributed by atoms with Crippen LogP contribution in [0.2, 0.25) is 0 Å². The summed E-state index contributed by atoms with van der Waals surface area (Å²) in [5, 5.41) is 0. The highest BCUT2D eigenvalue weighted by molar-refractivity contribution is 5.79. The Morgan fingerprint density at radius 1 is 1.04 bits per heavy atom. The van der Waals surface area contributed by atoms with Gasteiger partial charge in [0, 0.05) is 13.1 Å². The van der Waals surface area contributed by atoms with E-state index in [1.165, 1.54) is 0 Å². The number of rotatable bonds is 7. The van der Waals surface area contributed by atoms with Crippen molar-refractivity contribution in [3.63, 3.8) is 0 Å². The Morgan fingerprint density at radius 2 is 1.83 bits per heavy atom. The molecular weight excluding hydrogens is 302 g/mol. The van der Waals surface area contributed by atoms with Crippen molar-refractivity contribution in [3.05, 3.63) is 59.7 Å². The Balaban J connectivity index is 1.68. The second kappa shape index (κ2) is 7.86. The number of amides is 1. The van der Waals surface area contributed by atoms with E-state index in [4.69, 9.17) is 9.47 Å². The van der Waals surface area contributed by atoms with Gasteiger partial charge in [0.1, 0.15) is 0 Å². The maximum atomic E-state index is 12.8. The van der Waals surface area contributed by atoms with Crippen LogP contribution in [0, 0.1) is 0 Å². The van der Waals surface area contributed by atoms with E-state index >= 15 is 0 Å². The maximum Gasteiger partial charge on any atom is 0.231 e. The molecule has 4 heteroatoms. The first kappa shape index (κ1) is 16.4. The van der Waals surface area contributed by atoms with Crippen LogP contribution in [0.3, 0.4) is 0 Å². The van der Waals surface area contributed by atoms with Gasteiger partial charge in [-0.2, -0.15) is 0 Å². The zero-order chi connectivity index (χ0) is 16.8. The molecule has 0 saturated carbocycles. The summed E-state index contributed by atoms with van der Waals surface area (Å²) < 4.78 is 10.7. The third-order valence-electron chi connectivity index (χ3n) is 4.14. The Bertz CT molecular complexity index is 685. The van der Waals surface area contributed by atoms with Gasteiger partial charge in [-0.25, -0.2) is 0 Å². The quantitative estimate of drug-likeness (QED) is 0.777. The minimum Gasteiger partial charge on any atom is -0.454 e. The summed E-state index contributed by atoms with van der Waals surface area (Å²) in [6.07, 6.45) is 2.47. The zero-order valence-electron chi connectivity index (χ0n) is 14.0. The van der Waals surface area contributed by atoms with E-state index in [9.17, 15) is 4.79 Å². The Labute approximate surface area is 143 Å². The molecule has 0 aromatic heterocycles. The lowest BCUT2D eigenvalue weighted by atomic mass is 10.1. The van der Waals surface area contributed by atoms with Crippen LogP contribution in [0.1, 0.15) is 30.9 Å². The molecule has 1 aliphatic rings. The number of fused-ring (bicyclic) bond motifs is 1. The van der Waals surface area contributed by atoms with Gasteiger partial charge < -0.3 is 14.4 Å². The largest absolute Gasteiger partial charge is 0.454 e. The molecule has 24 heavy (non-hydrogen) atoms. The van der Waals surface area contributed by atoms with Crippen LogP contribution in [-0.4, -0.2) is 24.1 Å². The van der Waals surface area contributed by atoms with Crippen LogP contribution in [-0.2, 0) is 17.8 Å². The zero-order valence-corrected chi connectivity index (χ0v) is 14.0. The van der Waals surface area contributed by atoms with Crippen molar-refractivity contribution in [1.29, 1.82) is 0 Å². The molecule has 0 fully saturated rings. The predicted octanol–water partition coefficient (Wildman–Crippen LogP) is 3.79. The molecule has 126 valence electrons. The van der Waals surface area contributed by atoms with Gasteiger partial charge in [0.05, 0.1) is 6.42 Å². The summed E-state index contributed by atoms with van der Waals surface area (Å²) in [7, 11) is 0. The van der Waals surface area contributed by atoms with Crippen molar-refractivity contribution < 1.29 is 14.3 Å². The van der Waals surface area contributed by atoms with Gasteiger partial charge >= 0.3 is 0 Å². The number of benzene rings is 2. The molecule has 0 bridgehead atoms. The van der Waals surface area contributed by atoms with Crippen molar-refractivity contribution in [3.8, 4) is 11.5 Å². The van der Waals surface area contributed by atoms with Crippen molar-refractivity contribution in [2.75, 3.05) is 13.3 Å². The molecule has 0 N–H and O–H groups in total. The highest BCUT2D eigenvalue weighted by atomic mass is 16.7. The third-order valence-corrected chi connectivity index (χ3v) is 4.14. The second-order valence-corrected chi connectivity index (χ2v) is 6.02. The minimum atomic E-state index is 0.145. The molecule has 2 aromatic carbocycles. The molecule has 4 nitrogen and oxygen atoms in total. The molecular formula is C20H23NO3. The number of ether oxygens (including phenoxy) is 2. The van der Waals surface area contributed by atoms with Crippen molar-refractivity contribution in [1.82, 2.24) is 4.90 Å². The van der Waals surface area contributed by atoms with Gasteiger partial charge in [-0.1, -0.05) is 49.7 Å². The SMILES string of the molecule is CCCCN(Cc1ccccc1)C(=O)Cc1ccc2c(c1)OCO2. The van der Waals surface area contributed by atoms with Gasteiger partial charge in [0.25, 0.3) is 0 Å². The highest BCUT2D eigenvalue weighted by Crippen LogP contribution is 2.32. The van der Waals surface area contributed by atoms with Gasteiger partial charge in [0.15, 0.2) is 11.5 Å². The molecule has 0 saturated heterocycles. The molecule has 0 spiro atoms. The number of hydrogen-bond donors (Lipinski definition) is 0. The molecule has 0 unspecified atom stereocenters. The van der Waals surface area contributed by atoms with Gasteiger partial charge in [-0.15, -0.1) is 0 Å². The number of carbonyl (C=O) groups excluding carboxylic acids is 1. The summed E-state index contributed by atoms with van der Waals surface area (Å²) in [5.74, 6) is 1.62. The molecule has 0 atom stereocenters. The van der Waals surface area contributed by atoms with E-state index in [0.717, 1.165) is 42.0 Å². The summed E-state index contributed by atoms with van der Waals surface area (Å²) >= 11 is 0. The lowest BCUT2D eigenvalue weighted by molar-refractivity contribution is -0.131. The molecule has 0 radical (unpaired) electrons. The van der Waals surface area contributed by atoms with E-state index in [1.54, 1.807) is 0 Å². The standard InChI is InChI=1S/C20H23NO3/c1-2-3-11-21(14-16-7-5-4-6-8-16)20(22)13-17-9-10-18-19(12-17)24-15-23-18/h4-10,12H,2-3,11,13-15H2,1H3. The topological polar surface area (TPSA) is 38.8 Å². The molecule has 0 aliphatic carbocycles. The third kappa shape index (κ3) is 4.07. The van der Waals surface area contributed by atoms with Gasteiger partial charge in [0.2, 0.25) is 12.7 Å².